The van der Waals surface area contributed by atoms with E-state index >= 15 is 0 Å². The molecule has 9 heavy (non-hydrogen) atoms. The third-order valence-electron chi connectivity index (χ3n) is 0.813. The van der Waals surface area contributed by atoms with Crippen molar-refractivity contribution in [3.05, 3.63) is 0 Å². The second kappa shape index (κ2) is 3.82. The normalized spacial score (nSPS) is 12.0. The fourth-order valence-electron chi connectivity index (χ4n) is 0.566. The summed E-state index contributed by atoms with van der Waals surface area (Å²) in [6.45, 7) is 5.66. The van der Waals surface area contributed by atoms with Gasteiger partial charge in [-0.3, -0.25) is 0 Å². The molecular weight excluding hydrogens is 120 g/mol. The van der Waals surface area contributed by atoms with E-state index in [1.165, 1.54) is 6.92 Å². The van der Waals surface area contributed by atoms with Crippen LogP contribution < -0.4 is 0 Å². The van der Waals surface area contributed by atoms with Gasteiger partial charge in [-0.05, 0) is 13.8 Å². The lowest BCUT2D eigenvalue weighted by atomic mass is 10.6. The van der Waals surface area contributed by atoms with Gasteiger partial charge in [0.1, 0.15) is 0 Å². The number of ether oxygens (including phenoxy) is 2. The first-order valence-corrected chi connectivity index (χ1v) is 3.10. The maximum Gasteiger partial charge on any atom is 0.309 e. The highest BCUT2D eigenvalue weighted by Crippen LogP contribution is 2.07. The van der Waals surface area contributed by atoms with Crippen molar-refractivity contribution in [2.75, 3.05) is 13.2 Å². The van der Waals surface area contributed by atoms with Gasteiger partial charge in [0.2, 0.25) is 0 Å². The molecule has 1 radical (unpaired) electrons. The topological polar surface area (TPSA) is 38.4 Å². The summed E-state index contributed by atoms with van der Waals surface area (Å²) >= 11 is 0. The summed E-state index contributed by atoms with van der Waals surface area (Å²) in [5, 5.41) is 10.9. The summed E-state index contributed by atoms with van der Waals surface area (Å²) < 4.78 is 9.38. The molecule has 0 spiro atoms. The van der Waals surface area contributed by atoms with Crippen molar-refractivity contribution in [3.63, 3.8) is 0 Å². The van der Waals surface area contributed by atoms with Gasteiger partial charge in [0, 0.05) is 20.1 Å². The van der Waals surface area contributed by atoms with Crippen molar-refractivity contribution in [2.45, 2.75) is 26.7 Å². The van der Waals surface area contributed by atoms with Crippen LogP contribution in [0, 0.1) is 0 Å². The Labute approximate surface area is 55.6 Å². The van der Waals surface area contributed by atoms with Crippen molar-refractivity contribution >= 4 is 0 Å². The second-order valence-electron chi connectivity index (χ2n) is 1.73. The van der Waals surface area contributed by atoms with E-state index in [4.69, 9.17) is 9.47 Å². The first-order chi connectivity index (χ1) is 4.12. The molecule has 0 unspecified atom stereocenters. The van der Waals surface area contributed by atoms with E-state index in [1.54, 1.807) is 13.8 Å². The van der Waals surface area contributed by atoms with E-state index in [0.29, 0.717) is 13.2 Å². The van der Waals surface area contributed by atoms with Crippen molar-refractivity contribution < 1.29 is 14.6 Å². The van der Waals surface area contributed by atoms with Crippen LogP contribution in [-0.2, 0) is 14.6 Å². The second-order valence-corrected chi connectivity index (χ2v) is 1.73. The third kappa shape index (κ3) is 4.39. The van der Waals surface area contributed by atoms with Crippen LogP contribution in [0.5, 0.6) is 0 Å². The van der Waals surface area contributed by atoms with Crippen LogP contribution in [0.2, 0.25) is 0 Å². The SMILES string of the molecule is CCOC(C)([O])OCC. The van der Waals surface area contributed by atoms with Gasteiger partial charge in [-0.15, -0.1) is 0 Å². The van der Waals surface area contributed by atoms with E-state index in [0.717, 1.165) is 0 Å². The molecule has 3 heteroatoms. The highest BCUT2D eigenvalue weighted by atomic mass is 16.8. The average Bonchev–Trinajstić information content (AvgIpc) is 1.64. The van der Waals surface area contributed by atoms with E-state index in [2.05, 4.69) is 0 Å². The van der Waals surface area contributed by atoms with Gasteiger partial charge < -0.3 is 9.47 Å². The zero-order chi connectivity index (χ0) is 7.33. The molecule has 0 aliphatic heterocycles. The summed E-state index contributed by atoms with van der Waals surface area (Å²) in [4.78, 5) is 0. The Morgan fingerprint density at radius 3 is 1.78 bits per heavy atom. The first kappa shape index (κ1) is 8.88. The lowest BCUT2D eigenvalue weighted by molar-refractivity contribution is -0.374. The zero-order valence-electron chi connectivity index (χ0n) is 6.14. The van der Waals surface area contributed by atoms with E-state index in [9.17, 15) is 5.11 Å². The molecule has 0 saturated carbocycles. The molecule has 0 heterocycles. The summed E-state index contributed by atoms with van der Waals surface area (Å²) in [7, 11) is 0. The molecule has 0 N–H and O–H groups in total. The standard InChI is InChI=1S/C6H13O3/c1-4-8-6(3,7)9-5-2/h4-5H2,1-3H3. The van der Waals surface area contributed by atoms with Crippen molar-refractivity contribution in [2.24, 2.45) is 0 Å². The van der Waals surface area contributed by atoms with Gasteiger partial charge in [-0.2, -0.15) is 5.11 Å². The van der Waals surface area contributed by atoms with E-state index < -0.39 is 5.97 Å². The average molecular weight is 133 g/mol. The molecule has 0 aliphatic rings. The van der Waals surface area contributed by atoms with Crippen LogP contribution >= 0.6 is 0 Å². The van der Waals surface area contributed by atoms with Crippen molar-refractivity contribution in [1.29, 1.82) is 0 Å². The molecule has 0 aromatic carbocycles. The first-order valence-electron chi connectivity index (χ1n) is 3.10. The van der Waals surface area contributed by atoms with E-state index in [-0.39, 0.29) is 0 Å². The van der Waals surface area contributed by atoms with Crippen LogP contribution in [0.1, 0.15) is 20.8 Å². The minimum Gasteiger partial charge on any atom is -0.326 e. The van der Waals surface area contributed by atoms with Gasteiger partial charge in [-0.1, -0.05) is 0 Å². The number of rotatable bonds is 4. The molecule has 0 atom stereocenters. The quantitative estimate of drug-likeness (QED) is 0.540. The zero-order valence-corrected chi connectivity index (χ0v) is 6.14. The largest absolute Gasteiger partial charge is 0.326 e. The van der Waals surface area contributed by atoms with Crippen molar-refractivity contribution in [1.82, 2.24) is 0 Å². The number of hydrogen-bond donors (Lipinski definition) is 0. The Kier molecular flexibility index (Phi) is 3.77. The van der Waals surface area contributed by atoms with E-state index in [1.807, 2.05) is 0 Å². The van der Waals surface area contributed by atoms with Crippen LogP contribution in [0.3, 0.4) is 0 Å². The van der Waals surface area contributed by atoms with Crippen LogP contribution in [0.25, 0.3) is 0 Å². The summed E-state index contributed by atoms with van der Waals surface area (Å²) in [6, 6.07) is 0. The predicted molar refractivity (Wildman–Crippen MR) is 32.3 cm³/mol. The van der Waals surface area contributed by atoms with Crippen LogP contribution in [-0.4, -0.2) is 19.2 Å². The molecule has 55 valence electrons. The Bertz CT molecular complexity index is 62.7. The third-order valence-corrected chi connectivity index (χ3v) is 0.813. The number of hydrogen-bond acceptors (Lipinski definition) is 2. The van der Waals surface area contributed by atoms with Gasteiger partial charge in [-0.25, -0.2) is 0 Å². The minimum absolute atomic E-state index is 0.389. The Morgan fingerprint density at radius 2 is 1.56 bits per heavy atom. The molecule has 0 fully saturated rings. The molecule has 3 nitrogen and oxygen atoms in total. The summed E-state index contributed by atoms with van der Waals surface area (Å²) in [5.74, 6) is -1.65. The Balaban J connectivity index is 3.43. The van der Waals surface area contributed by atoms with Crippen LogP contribution in [0.15, 0.2) is 0 Å². The highest BCUT2D eigenvalue weighted by molar-refractivity contribution is 4.38. The maximum absolute atomic E-state index is 10.9. The molecule has 0 amide bonds. The lowest BCUT2D eigenvalue weighted by Crippen LogP contribution is -2.30. The molecule has 0 rings (SSSR count). The molecule has 0 aromatic heterocycles. The molecule has 0 aliphatic carbocycles. The molecular formula is C6H13O3. The molecule has 0 aromatic rings. The fourth-order valence-corrected chi connectivity index (χ4v) is 0.566. The summed E-state index contributed by atoms with van der Waals surface area (Å²) in [5.41, 5.74) is 0. The Hall–Kier alpha value is -0.120. The fraction of sp³-hybridized carbons (Fsp3) is 1.00. The van der Waals surface area contributed by atoms with Gasteiger partial charge in [0.25, 0.3) is 0 Å². The van der Waals surface area contributed by atoms with Crippen LogP contribution in [0.4, 0.5) is 0 Å². The molecule has 0 saturated heterocycles. The summed E-state index contributed by atoms with van der Waals surface area (Å²) in [6.07, 6.45) is 0. The Morgan fingerprint density at radius 1 is 1.22 bits per heavy atom. The van der Waals surface area contributed by atoms with Crippen molar-refractivity contribution in [3.8, 4) is 0 Å². The smallest absolute Gasteiger partial charge is 0.309 e. The lowest BCUT2D eigenvalue weighted by Gasteiger charge is -2.18. The maximum atomic E-state index is 10.9. The minimum atomic E-state index is -1.65. The highest BCUT2D eigenvalue weighted by Gasteiger charge is 2.21. The molecule has 0 bridgehead atoms. The predicted octanol–water partition coefficient (Wildman–Crippen LogP) is 1.16. The van der Waals surface area contributed by atoms with Gasteiger partial charge >= 0.3 is 5.97 Å². The van der Waals surface area contributed by atoms with Gasteiger partial charge in [0.05, 0.1) is 0 Å². The van der Waals surface area contributed by atoms with Gasteiger partial charge in [0.15, 0.2) is 0 Å². The monoisotopic (exact) mass is 133 g/mol.